The van der Waals surface area contributed by atoms with Crippen LogP contribution in [0, 0.1) is 11.8 Å². The Morgan fingerprint density at radius 2 is 2.29 bits per heavy atom. The highest BCUT2D eigenvalue weighted by Gasteiger charge is 2.27. The molecule has 0 saturated heterocycles. The second-order valence-corrected chi connectivity index (χ2v) is 4.36. The molecular formula is C12H17NO. The quantitative estimate of drug-likeness (QED) is 0.657. The molecule has 14 heavy (non-hydrogen) atoms. The normalized spacial score (nSPS) is 30.6. The maximum Gasteiger partial charge on any atom is 0.195 e. The fourth-order valence-corrected chi connectivity index (χ4v) is 1.77. The number of allylic oxidation sites excluding steroid dienone is 2. The Hall–Kier alpha value is -1.05. The summed E-state index contributed by atoms with van der Waals surface area (Å²) in [6.45, 7) is 7.26. The molecule has 0 amide bonds. The number of ether oxygens (including phenoxy) is 1. The lowest BCUT2D eigenvalue weighted by atomic mass is 10.0. The lowest BCUT2D eigenvalue weighted by Gasteiger charge is -2.08. The SMILES string of the molecule is CC1=CC=CC1C1=N[C@@H](C(C)C)CO1. The van der Waals surface area contributed by atoms with Gasteiger partial charge in [-0.3, -0.25) is 0 Å². The lowest BCUT2D eigenvalue weighted by molar-refractivity contribution is 0.283. The molecule has 1 aliphatic heterocycles. The van der Waals surface area contributed by atoms with E-state index >= 15 is 0 Å². The van der Waals surface area contributed by atoms with Gasteiger partial charge >= 0.3 is 0 Å². The van der Waals surface area contributed by atoms with E-state index in [1.165, 1.54) is 5.57 Å². The Kier molecular flexibility index (Phi) is 2.44. The molecule has 0 spiro atoms. The van der Waals surface area contributed by atoms with Gasteiger partial charge < -0.3 is 4.74 Å². The Balaban J connectivity index is 2.10. The summed E-state index contributed by atoms with van der Waals surface area (Å²) in [7, 11) is 0. The zero-order valence-electron chi connectivity index (χ0n) is 9.03. The minimum absolute atomic E-state index is 0.304. The van der Waals surface area contributed by atoms with Gasteiger partial charge in [0.25, 0.3) is 0 Å². The van der Waals surface area contributed by atoms with Crippen LogP contribution in [0.2, 0.25) is 0 Å². The highest BCUT2D eigenvalue weighted by molar-refractivity contribution is 5.85. The van der Waals surface area contributed by atoms with Crippen LogP contribution < -0.4 is 0 Å². The first-order valence-corrected chi connectivity index (χ1v) is 5.24. The molecule has 2 atom stereocenters. The summed E-state index contributed by atoms with van der Waals surface area (Å²) in [6.07, 6.45) is 6.35. The predicted octanol–water partition coefficient (Wildman–Crippen LogP) is 2.57. The zero-order valence-corrected chi connectivity index (χ0v) is 9.03. The van der Waals surface area contributed by atoms with Gasteiger partial charge in [-0.15, -0.1) is 0 Å². The minimum Gasteiger partial charge on any atom is -0.478 e. The van der Waals surface area contributed by atoms with Crippen molar-refractivity contribution in [1.29, 1.82) is 0 Å². The highest BCUT2D eigenvalue weighted by atomic mass is 16.5. The standard InChI is InChI=1S/C12H17NO/c1-8(2)11-7-14-12(13-11)10-6-4-5-9(10)3/h4-6,8,10-11H,7H2,1-3H3/t10?,11-/m1/s1. The smallest absolute Gasteiger partial charge is 0.195 e. The molecule has 76 valence electrons. The molecule has 2 heteroatoms. The minimum atomic E-state index is 0.304. The van der Waals surface area contributed by atoms with E-state index in [1.54, 1.807) is 0 Å². The van der Waals surface area contributed by atoms with Gasteiger partial charge in [0.15, 0.2) is 5.90 Å². The van der Waals surface area contributed by atoms with Crippen molar-refractivity contribution in [1.82, 2.24) is 0 Å². The fraction of sp³-hybridized carbons (Fsp3) is 0.583. The van der Waals surface area contributed by atoms with Crippen molar-refractivity contribution in [2.45, 2.75) is 26.8 Å². The molecule has 0 bridgehead atoms. The summed E-state index contributed by atoms with van der Waals surface area (Å²) in [4.78, 5) is 4.62. The molecule has 0 aromatic rings. The fourth-order valence-electron chi connectivity index (χ4n) is 1.77. The number of aliphatic imine (C=N–C) groups is 1. The molecule has 0 aromatic carbocycles. The Morgan fingerprint density at radius 1 is 1.50 bits per heavy atom. The van der Waals surface area contributed by atoms with E-state index in [9.17, 15) is 0 Å². The molecule has 0 fully saturated rings. The summed E-state index contributed by atoms with van der Waals surface area (Å²) in [5.41, 5.74) is 1.33. The summed E-state index contributed by atoms with van der Waals surface area (Å²) in [6, 6.07) is 0.354. The molecule has 1 aliphatic carbocycles. The first kappa shape index (κ1) is 9.50. The van der Waals surface area contributed by atoms with E-state index in [0.29, 0.717) is 17.9 Å². The van der Waals surface area contributed by atoms with E-state index < -0.39 is 0 Å². The Bertz CT molecular complexity index is 312. The molecule has 0 saturated carbocycles. The third-order valence-corrected chi connectivity index (χ3v) is 2.88. The van der Waals surface area contributed by atoms with Crippen molar-refractivity contribution in [3.63, 3.8) is 0 Å². The first-order valence-electron chi connectivity index (χ1n) is 5.24. The summed E-state index contributed by atoms with van der Waals surface area (Å²) >= 11 is 0. The maximum atomic E-state index is 5.64. The van der Waals surface area contributed by atoms with Crippen LogP contribution in [-0.2, 0) is 4.74 Å². The average molecular weight is 191 g/mol. The molecule has 0 N–H and O–H groups in total. The van der Waals surface area contributed by atoms with Crippen LogP contribution in [0.4, 0.5) is 0 Å². The predicted molar refractivity (Wildman–Crippen MR) is 58.4 cm³/mol. The molecular weight excluding hydrogens is 174 g/mol. The molecule has 2 aliphatic rings. The van der Waals surface area contributed by atoms with Gasteiger partial charge in [-0.25, -0.2) is 4.99 Å². The van der Waals surface area contributed by atoms with E-state index in [0.717, 1.165) is 12.5 Å². The van der Waals surface area contributed by atoms with E-state index in [2.05, 4.69) is 44.0 Å². The Labute approximate surface area is 85.4 Å². The van der Waals surface area contributed by atoms with Gasteiger partial charge in [-0.1, -0.05) is 37.6 Å². The van der Waals surface area contributed by atoms with Crippen molar-refractivity contribution >= 4 is 5.90 Å². The summed E-state index contributed by atoms with van der Waals surface area (Å²) < 4.78 is 5.64. The van der Waals surface area contributed by atoms with Crippen molar-refractivity contribution < 1.29 is 4.74 Å². The number of hydrogen-bond donors (Lipinski definition) is 0. The molecule has 0 radical (unpaired) electrons. The molecule has 2 nitrogen and oxygen atoms in total. The van der Waals surface area contributed by atoms with Crippen LogP contribution >= 0.6 is 0 Å². The largest absolute Gasteiger partial charge is 0.478 e. The van der Waals surface area contributed by atoms with Crippen LogP contribution in [0.3, 0.4) is 0 Å². The highest BCUT2D eigenvalue weighted by Crippen LogP contribution is 2.25. The molecule has 2 rings (SSSR count). The maximum absolute atomic E-state index is 5.64. The van der Waals surface area contributed by atoms with Gasteiger partial charge in [0.1, 0.15) is 6.61 Å². The second kappa shape index (κ2) is 3.60. The van der Waals surface area contributed by atoms with Crippen LogP contribution in [0.15, 0.2) is 28.8 Å². The number of rotatable bonds is 2. The molecule has 1 heterocycles. The monoisotopic (exact) mass is 191 g/mol. The lowest BCUT2D eigenvalue weighted by Crippen LogP contribution is -2.13. The van der Waals surface area contributed by atoms with E-state index in [1.807, 2.05) is 0 Å². The van der Waals surface area contributed by atoms with Crippen LogP contribution in [0.1, 0.15) is 20.8 Å². The van der Waals surface area contributed by atoms with Gasteiger partial charge in [0, 0.05) is 0 Å². The van der Waals surface area contributed by atoms with Crippen molar-refractivity contribution in [3.8, 4) is 0 Å². The van der Waals surface area contributed by atoms with Crippen molar-refractivity contribution in [3.05, 3.63) is 23.8 Å². The summed E-state index contributed by atoms with van der Waals surface area (Å²) in [5.74, 6) is 1.78. The van der Waals surface area contributed by atoms with Gasteiger partial charge in [0.2, 0.25) is 0 Å². The Morgan fingerprint density at radius 3 is 2.79 bits per heavy atom. The van der Waals surface area contributed by atoms with Crippen molar-refractivity contribution in [2.75, 3.05) is 6.61 Å². The van der Waals surface area contributed by atoms with Crippen molar-refractivity contribution in [2.24, 2.45) is 16.8 Å². The summed E-state index contributed by atoms with van der Waals surface area (Å²) in [5, 5.41) is 0. The number of hydrogen-bond acceptors (Lipinski definition) is 2. The van der Waals surface area contributed by atoms with Crippen LogP contribution in [0.25, 0.3) is 0 Å². The molecule has 1 unspecified atom stereocenters. The second-order valence-electron chi connectivity index (χ2n) is 4.36. The van der Waals surface area contributed by atoms with E-state index in [4.69, 9.17) is 4.74 Å². The van der Waals surface area contributed by atoms with E-state index in [-0.39, 0.29) is 0 Å². The van der Waals surface area contributed by atoms with Gasteiger partial charge in [-0.2, -0.15) is 0 Å². The van der Waals surface area contributed by atoms with Gasteiger partial charge in [-0.05, 0) is 12.8 Å². The zero-order chi connectivity index (χ0) is 10.1. The third kappa shape index (κ3) is 1.61. The third-order valence-electron chi connectivity index (χ3n) is 2.88. The van der Waals surface area contributed by atoms with Crippen LogP contribution in [-0.4, -0.2) is 18.5 Å². The van der Waals surface area contributed by atoms with Crippen LogP contribution in [0.5, 0.6) is 0 Å². The molecule has 0 aromatic heterocycles. The number of nitrogens with zero attached hydrogens (tertiary/aromatic N) is 1. The topological polar surface area (TPSA) is 21.6 Å². The van der Waals surface area contributed by atoms with Gasteiger partial charge in [0.05, 0.1) is 12.0 Å². The average Bonchev–Trinajstić information content (AvgIpc) is 2.71. The first-order chi connectivity index (χ1) is 6.68.